The second-order valence-corrected chi connectivity index (χ2v) is 14.5. The lowest BCUT2D eigenvalue weighted by molar-refractivity contribution is -0.170. The third-order valence-corrected chi connectivity index (χ3v) is 10.0. The SMILES string of the molecule is CC(C)(C)OC(=O)N[C@@H]1C(=O)N2[C@@H]1SC=C[C@]2(C=C1CCN(c2cccc3ccccc23)C1=O)C(=O)OC(c1ccccc1)c1ccccc1. The normalized spacial score (nSPS) is 22.4. The minimum absolute atomic E-state index is 0.254. The van der Waals surface area contributed by atoms with Gasteiger partial charge >= 0.3 is 12.1 Å². The van der Waals surface area contributed by atoms with Crippen LogP contribution in [0.5, 0.6) is 0 Å². The Bertz CT molecular complexity index is 1980. The number of ether oxygens (including phenoxy) is 2. The third kappa shape index (κ3) is 6.15. The van der Waals surface area contributed by atoms with Crippen molar-refractivity contribution in [3.05, 3.63) is 137 Å². The summed E-state index contributed by atoms with van der Waals surface area (Å²) in [5, 5.41) is 5.71. The maximum atomic E-state index is 14.8. The Morgan fingerprint density at radius 2 is 1.54 bits per heavy atom. The molecule has 2 fully saturated rings. The lowest BCUT2D eigenvalue weighted by Crippen LogP contribution is -2.77. The van der Waals surface area contributed by atoms with Crippen LogP contribution < -0.4 is 10.2 Å². The molecular weight excluding hydrogens is 651 g/mol. The molecule has 0 unspecified atom stereocenters. The first kappa shape index (κ1) is 33.2. The Morgan fingerprint density at radius 3 is 2.22 bits per heavy atom. The van der Waals surface area contributed by atoms with Crippen LogP contribution in [0.4, 0.5) is 10.5 Å². The zero-order valence-electron chi connectivity index (χ0n) is 27.9. The second kappa shape index (κ2) is 13.2. The summed E-state index contributed by atoms with van der Waals surface area (Å²) in [7, 11) is 0. The summed E-state index contributed by atoms with van der Waals surface area (Å²) in [4.78, 5) is 58.8. The van der Waals surface area contributed by atoms with Gasteiger partial charge in [0.25, 0.3) is 11.8 Å². The molecule has 50 heavy (non-hydrogen) atoms. The van der Waals surface area contributed by atoms with Gasteiger partial charge in [-0.25, -0.2) is 9.59 Å². The molecule has 3 amide bonds. The number of β-lactam (4-membered cyclic amide) rings is 1. The van der Waals surface area contributed by atoms with E-state index in [-0.39, 0.29) is 5.91 Å². The smallest absolute Gasteiger partial charge is 0.408 e. The quantitative estimate of drug-likeness (QED) is 0.128. The van der Waals surface area contributed by atoms with Crippen LogP contribution in [0, 0.1) is 0 Å². The number of anilines is 1. The number of nitrogens with one attached hydrogen (secondary N) is 1. The summed E-state index contributed by atoms with van der Waals surface area (Å²) >= 11 is 1.30. The van der Waals surface area contributed by atoms with Crippen molar-refractivity contribution in [1.82, 2.24) is 10.2 Å². The fourth-order valence-corrected chi connectivity index (χ4v) is 7.87. The average Bonchev–Trinajstić information content (AvgIpc) is 3.47. The van der Waals surface area contributed by atoms with Gasteiger partial charge in [0.2, 0.25) is 0 Å². The lowest BCUT2D eigenvalue weighted by Gasteiger charge is -2.55. The van der Waals surface area contributed by atoms with Crippen molar-refractivity contribution in [2.75, 3.05) is 11.4 Å². The summed E-state index contributed by atoms with van der Waals surface area (Å²) in [6.45, 7) is 5.62. The molecule has 3 aliphatic heterocycles. The standard InChI is InChI=1S/C40H37N3O6S/c1-39(2,3)49-38(47)41-32-35(45)43-36(32)50-24-22-40(43,37(46)48-33(27-14-6-4-7-15-27)28-16-8-5-9-17-28)25-29-21-23-42(34(29)44)31-20-12-18-26-13-10-11-19-30(26)31/h4-20,22,24-25,32-33,36H,21,23H2,1-3H3,(H,41,47)/t32-,36-,40+/m1/s1. The zero-order chi connectivity index (χ0) is 35.0. The average molecular weight is 688 g/mol. The molecule has 0 aromatic heterocycles. The molecule has 4 aromatic carbocycles. The highest BCUT2D eigenvalue weighted by Gasteiger charge is 2.62. The van der Waals surface area contributed by atoms with E-state index >= 15 is 0 Å². The van der Waals surface area contributed by atoms with Crippen LogP contribution in [-0.4, -0.2) is 57.9 Å². The number of fused-ring (bicyclic) bond motifs is 2. The highest BCUT2D eigenvalue weighted by Crippen LogP contribution is 2.46. The summed E-state index contributed by atoms with van der Waals surface area (Å²) in [5.41, 5.74) is 0.128. The number of nitrogens with zero attached hydrogens (tertiary/aromatic N) is 2. The molecule has 3 heterocycles. The van der Waals surface area contributed by atoms with Crippen molar-refractivity contribution in [1.29, 1.82) is 0 Å². The highest BCUT2D eigenvalue weighted by atomic mass is 32.2. The van der Waals surface area contributed by atoms with Gasteiger partial charge in [0.05, 0.1) is 5.69 Å². The van der Waals surface area contributed by atoms with Crippen molar-refractivity contribution in [2.45, 2.75) is 55.9 Å². The van der Waals surface area contributed by atoms with Crippen molar-refractivity contribution in [3.63, 3.8) is 0 Å². The van der Waals surface area contributed by atoms with E-state index in [1.54, 1.807) is 43.2 Å². The summed E-state index contributed by atoms with van der Waals surface area (Å²) in [5.74, 6) is -1.46. The summed E-state index contributed by atoms with van der Waals surface area (Å²) in [6, 6.07) is 31.5. The number of benzene rings is 4. The molecule has 9 nitrogen and oxygen atoms in total. The van der Waals surface area contributed by atoms with E-state index < -0.39 is 46.6 Å². The lowest BCUT2D eigenvalue weighted by atomic mass is 9.87. The van der Waals surface area contributed by atoms with Gasteiger partial charge in [-0.05, 0) is 67.3 Å². The topological polar surface area (TPSA) is 105 Å². The molecule has 1 N–H and O–H groups in total. The molecule has 0 spiro atoms. The summed E-state index contributed by atoms with van der Waals surface area (Å²) in [6.07, 6.45) is 2.03. The van der Waals surface area contributed by atoms with Gasteiger partial charge in [-0.1, -0.05) is 97.1 Å². The fourth-order valence-electron chi connectivity index (χ4n) is 6.68. The number of amides is 3. The monoisotopic (exact) mass is 687 g/mol. The Labute approximate surface area is 294 Å². The number of carbonyl (C=O) groups excluding carboxylic acids is 4. The third-order valence-electron chi connectivity index (χ3n) is 8.99. The predicted octanol–water partition coefficient (Wildman–Crippen LogP) is 6.90. The van der Waals surface area contributed by atoms with Gasteiger partial charge in [-0.2, -0.15) is 0 Å². The number of rotatable bonds is 7. The Kier molecular flexibility index (Phi) is 8.73. The molecular formula is C40H37N3O6S. The number of carbonyl (C=O) groups is 4. The fraction of sp³-hybridized carbons (Fsp3) is 0.250. The number of hydrogen-bond donors (Lipinski definition) is 1. The molecule has 254 valence electrons. The minimum atomic E-state index is -1.76. The van der Waals surface area contributed by atoms with Crippen LogP contribution in [0.25, 0.3) is 10.8 Å². The second-order valence-electron chi connectivity index (χ2n) is 13.5. The molecule has 0 saturated carbocycles. The Balaban J connectivity index is 1.27. The number of thioether (sulfide) groups is 1. The first-order valence-electron chi connectivity index (χ1n) is 16.5. The van der Waals surface area contributed by atoms with E-state index in [0.29, 0.717) is 18.5 Å². The van der Waals surface area contributed by atoms with Crippen LogP contribution in [-0.2, 0) is 23.9 Å². The molecule has 0 radical (unpaired) electrons. The van der Waals surface area contributed by atoms with Gasteiger partial charge in [0.15, 0.2) is 11.6 Å². The first-order chi connectivity index (χ1) is 24.1. The van der Waals surface area contributed by atoms with Crippen molar-refractivity contribution < 1.29 is 28.7 Å². The van der Waals surface area contributed by atoms with Gasteiger partial charge in [-0.3, -0.25) is 9.59 Å². The Morgan fingerprint density at radius 1 is 0.900 bits per heavy atom. The maximum Gasteiger partial charge on any atom is 0.408 e. The van der Waals surface area contributed by atoms with Gasteiger partial charge in [-0.15, -0.1) is 11.8 Å². The van der Waals surface area contributed by atoms with Gasteiger partial charge < -0.3 is 24.6 Å². The highest BCUT2D eigenvalue weighted by molar-refractivity contribution is 8.02. The molecule has 0 bridgehead atoms. The predicted molar refractivity (Wildman–Crippen MR) is 193 cm³/mol. The van der Waals surface area contributed by atoms with E-state index in [2.05, 4.69) is 5.32 Å². The molecule has 10 heteroatoms. The van der Waals surface area contributed by atoms with Crippen molar-refractivity contribution >= 4 is 52.1 Å². The van der Waals surface area contributed by atoms with E-state index in [4.69, 9.17) is 9.47 Å². The zero-order valence-corrected chi connectivity index (χ0v) is 28.8. The van der Waals surface area contributed by atoms with Crippen molar-refractivity contribution in [3.8, 4) is 0 Å². The molecule has 3 aliphatic rings. The van der Waals surface area contributed by atoms with Crippen LogP contribution >= 0.6 is 11.8 Å². The molecule has 2 saturated heterocycles. The van der Waals surface area contributed by atoms with Crippen LogP contribution in [0.3, 0.4) is 0 Å². The maximum absolute atomic E-state index is 14.8. The largest absolute Gasteiger partial charge is 0.450 e. The molecule has 0 aliphatic carbocycles. The van der Waals surface area contributed by atoms with Crippen molar-refractivity contribution in [2.24, 2.45) is 0 Å². The first-order valence-corrected chi connectivity index (χ1v) is 17.5. The number of esters is 1. The van der Waals surface area contributed by atoms with Gasteiger partial charge in [0, 0.05) is 17.5 Å². The van der Waals surface area contributed by atoms with Gasteiger partial charge in [0.1, 0.15) is 17.0 Å². The van der Waals surface area contributed by atoms with E-state index in [1.165, 1.54) is 16.7 Å². The van der Waals surface area contributed by atoms with Crippen LogP contribution in [0.2, 0.25) is 0 Å². The molecule has 3 atom stereocenters. The minimum Gasteiger partial charge on any atom is -0.450 e. The molecule has 4 aromatic rings. The number of hydrogen-bond acceptors (Lipinski definition) is 7. The van der Waals surface area contributed by atoms with Crippen LogP contribution in [0.15, 0.2) is 126 Å². The Hall–Kier alpha value is -5.35. The van der Waals surface area contributed by atoms with E-state index in [9.17, 15) is 19.2 Å². The number of alkyl carbamates (subject to hydrolysis) is 1. The van der Waals surface area contributed by atoms with E-state index in [0.717, 1.165) is 27.6 Å². The van der Waals surface area contributed by atoms with E-state index in [1.807, 2.05) is 103 Å². The molecule has 7 rings (SSSR count). The van der Waals surface area contributed by atoms with Crippen LogP contribution in [0.1, 0.15) is 44.4 Å². The summed E-state index contributed by atoms with van der Waals surface area (Å²) < 4.78 is 11.8.